The Bertz CT molecular complexity index is 1260. The van der Waals surface area contributed by atoms with Crippen LogP contribution in [0.5, 0.6) is 5.75 Å². The third kappa shape index (κ3) is 3.69. The molecular formula is C19H14ClF3N6O. The summed E-state index contributed by atoms with van der Waals surface area (Å²) < 4.78 is 40.1. The molecule has 0 fully saturated rings. The number of amidine groups is 1. The van der Waals surface area contributed by atoms with Gasteiger partial charge in [-0.25, -0.2) is 9.67 Å². The number of alkyl halides is 3. The third-order valence-corrected chi connectivity index (χ3v) is 4.64. The van der Waals surface area contributed by atoms with Crippen molar-refractivity contribution in [3.63, 3.8) is 0 Å². The minimum absolute atomic E-state index is 0.000153. The van der Waals surface area contributed by atoms with Crippen LogP contribution >= 0.6 is 11.6 Å². The van der Waals surface area contributed by atoms with Crippen molar-refractivity contribution < 1.29 is 18.3 Å². The Morgan fingerprint density at radius 2 is 1.90 bits per heavy atom. The first kappa shape index (κ1) is 19.8. The zero-order valence-corrected chi connectivity index (χ0v) is 15.9. The molecule has 0 amide bonds. The molecule has 0 aliphatic carbocycles. The second-order valence-electron chi connectivity index (χ2n) is 6.56. The lowest BCUT2D eigenvalue weighted by Crippen LogP contribution is -2.19. The molecule has 2 heterocycles. The molecule has 0 radical (unpaired) electrons. The van der Waals surface area contributed by atoms with Gasteiger partial charge in [0.15, 0.2) is 11.6 Å². The van der Waals surface area contributed by atoms with Crippen LogP contribution in [-0.4, -0.2) is 36.9 Å². The van der Waals surface area contributed by atoms with E-state index in [0.717, 1.165) is 0 Å². The van der Waals surface area contributed by atoms with Crippen LogP contribution in [0.25, 0.3) is 33.8 Å². The van der Waals surface area contributed by atoms with Gasteiger partial charge in [0.2, 0.25) is 0 Å². The topological polar surface area (TPSA) is 117 Å². The van der Waals surface area contributed by atoms with Gasteiger partial charge in [0.25, 0.3) is 0 Å². The zero-order chi connectivity index (χ0) is 21.6. The summed E-state index contributed by atoms with van der Waals surface area (Å²) in [6, 6.07) is 10.9. The van der Waals surface area contributed by atoms with Gasteiger partial charge < -0.3 is 15.8 Å². The van der Waals surface area contributed by atoms with Crippen LogP contribution in [0.15, 0.2) is 42.5 Å². The number of nitrogens with two attached hydrogens (primary N) is 1. The van der Waals surface area contributed by atoms with Gasteiger partial charge in [-0.05, 0) is 30.3 Å². The van der Waals surface area contributed by atoms with Gasteiger partial charge >= 0.3 is 6.18 Å². The second-order valence-corrected chi connectivity index (χ2v) is 6.99. The number of hydrogen-bond acceptors (Lipinski definition) is 4. The number of nitrogens with zero attached hydrogens (tertiary/aromatic N) is 3. The largest absolute Gasteiger partial charge is 0.504 e. The van der Waals surface area contributed by atoms with E-state index in [1.807, 2.05) is 0 Å². The van der Waals surface area contributed by atoms with Gasteiger partial charge in [0.1, 0.15) is 23.8 Å². The van der Waals surface area contributed by atoms with Crippen LogP contribution in [0.4, 0.5) is 13.2 Å². The molecule has 0 saturated carbocycles. The van der Waals surface area contributed by atoms with Crippen molar-refractivity contribution in [1.29, 1.82) is 5.41 Å². The van der Waals surface area contributed by atoms with Crippen molar-refractivity contribution in [2.75, 3.05) is 0 Å². The zero-order valence-electron chi connectivity index (χ0n) is 15.1. The first-order valence-electron chi connectivity index (χ1n) is 8.59. The third-order valence-electron chi connectivity index (χ3n) is 4.39. The molecule has 154 valence electrons. The Labute approximate surface area is 172 Å². The summed E-state index contributed by atoms with van der Waals surface area (Å²) in [5.41, 5.74) is 6.94. The number of halogens is 4. The Morgan fingerprint density at radius 3 is 2.53 bits per heavy atom. The number of aromatic amines is 1. The molecule has 0 unspecified atom stereocenters. The van der Waals surface area contributed by atoms with E-state index in [0.29, 0.717) is 31.9 Å². The van der Waals surface area contributed by atoms with Crippen LogP contribution in [-0.2, 0) is 6.54 Å². The van der Waals surface area contributed by atoms with Gasteiger partial charge in [0.05, 0.1) is 11.0 Å². The van der Waals surface area contributed by atoms with Crippen molar-refractivity contribution in [3.8, 4) is 28.5 Å². The van der Waals surface area contributed by atoms with Crippen molar-refractivity contribution in [2.24, 2.45) is 5.73 Å². The number of nitrogen functional groups attached to an aromatic ring is 1. The summed E-state index contributed by atoms with van der Waals surface area (Å²) in [5, 5.41) is 22.7. The van der Waals surface area contributed by atoms with E-state index >= 15 is 0 Å². The maximum Gasteiger partial charge on any atom is 0.408 e. The average molecular weight is 435 g/mol. The van der Waals surface area contributed by atoms with Crippen molar-refractivity contribution in [1.82, 2.24) is 19.7 Å². The van der Waals surface area contributed by atoms with Gasteiger partial charge in [-0.3, -0.25) is 5.41 Å². The number of hydrogen-bond donors (Lipinski definition) is 4. The first-order chi connectivity index (χ1) is 14.1. The predicted molar refractivity (Wildman–Crippen MR) is 106 cm³/mol. The minimum Gasteiger partial charge on any atom is -0.504 e. The number of fused-ring (bicyclic) bond motifs is 1. The number of nitrogens with one attached hydrogen (secondary N) is 2. The quantitative estimate of drug-likeness (QED) is 0.283. The number of aromatic nitrogens is 4. The molecule has 2 aromatic carbocycles. The predicted octanol–water partition coefficient (Wildman–Crippen LogP) is 4.30. The summed E-state index contributed by atoms with van der Waals surface area (Å²) in [7, 11) is 0. The standard InChI is InChI=1S/C19H14ClF3N6O/c20-11-4-1-9(2-5-11)14-16(30)15(29(28-14)8-19(21,22)23)18-26-12-6-3-10(17(24)25)7-13(12)27-18/h1-7,30H,8H2,(H3,24,25)(H,26,27). The molecule has 7 nitrogen and oxygen atoms in total. The maximum absolute atomic E-state index is 13.2. The molecule has 5 N–H and O–H groups in total. The van der Waals surface area contributed by atoms with Crippen LogP contribution in [0.3, 0.4) is 0 Å². The first-order valence-corrected chi connectivity index (χ1v) is 8.97. The molecule has 30 heavy (non-hydrogen) atoms. The fraction of sp³-hybridized carbons (Fsp3) is 0.105. The minimum atomic E-state index is -4.57. The number of H-pyrrole nitrogens is 1. The molecule has 0 saturated heterocycles. The smallest absolute Gasteiger partial charge is 0.408 e. The number of aromatic hydroxyl groups is 1. The van der Waals surface area contributed by atoms with E-state index in [1.54, 1.807) is 42.5 Å². The highest BCUT2D eigenvalue weighted by atomic mass is 35.5. The van der Waals surface area contributed by atoms with Crippen LogP contribution in [0.1, 0.15) is 5.56 Å². The fourth-order valence-corrected chi connectivity index (χ4v) is 3.19. The number of rotatable bonds is 4. The summed E-state index contributed by atoms with van der Waals surface area (Å²) in [4.78, 5) is 7.16. The molecule has 0 spiro atoms. The Balaban J connectivity index is 1.90. The lowest BCUT2D eigenvalue weighted by atomic mass is 10.1. The summed E-state index contributed by atoms with van der Waals surface area (Å²) >= 11 is 5.86. The van der Waals surface area contributed by atoms with Crippen molar-refractivity contribution in [2.45, 2.75) is 12.7 Å². The van der Waals surface area contributed by atoms with Crippen LogP contribution in [0, 0.1) is 5.41 Å². The maximum atomic E-state index is 13.2. The molecule has 4 aromatic rings. The van der Waals surface area contributed by atoms with Gasteiger partial charge in [-0.1, -0.05) is 23.7 Å². The Hall–Kier alpha value is -3.53. The number of benzene rings is 2. The van der Waals surface area contributed by atoms with Crippen LogP contribution < -0.4 is 5.73 Å². The van der Waals surface area contributed by atoms with Gasteiger partial charge in [-0.15, -0.1) is 0 Å². The highest BCUT2D eigenvalue weighted by molar-refractivity contribution is 6.30. The summed E-state index contributed by atoms with van der Waals surface area (Å²) in [5.74, 6) is -0.615. The van der Waals surface area contributed by atoms with E-state index < -0.39 is 18.5 Å². The van der Waals surface area contributed by atoms with Crippen molar-refractivity contribution in [3.05, 3.63) is 53.1 Å². The molecule has 0 bridgehead atoms. The summed E-state index contributed by atoms with van der Waals surface area (Å²) in [6.07, 6.45) is -4.57. The second kappa shape index (κ2) is 7.06. The number of imidazole rings is 1. The highest BCUT2D eigenvalue weighted by Gasteiger charge is 2.33. The van der Waals surface area contributed by atoms with E-state index in [2.05, 4.69) is 15.1 Å². The molecule has 4 rings (SSSR count). The van der Waals surface area contributed by atoms with E-state index in [1.165, 1.54) is 0 Å². The summed E-state index contributed by atoms with van der Waals surface area (Å²) in [6.45, 7) is -1.42. The SMILES string of the molecule is N=C(N)c1ccc2nc(-c3c(O)c(-c4ccc(Cl)cc4)nn3CC(F)(F)F)[nH]c2c1. The molecule has 0 atom stereocenters. The Morgan fingerprint density at radius 1 is 1.20 bits per heavy atom. The Kier molecular flexibility index (Phi) is 4.65. The van der Waals surface area contributed by atoms with Crippen LogP contribution in [0.2, 0.25) is 5.02 Å². The molecule has 11 heteroatoms. The molecule has 2 aromatic heterocycles. The van der Waals surface area contributed by atoms with Gasteiger partial charge in [0, 0.05) is 16.1 Å². The fourth-order valence-electron chi connectivity index (χ4n) is 3.06. The molecular weight excluding hydrogens is 421 g/mol. The monoisotopic (exact) mass is 434 g/mol. The average Bonchev–Trinajstić information content (AvgIpc) is 3.20. The van der Waals surface area contributed by atoms with Crippen molar-refractivity contribution >= 4 is 28.5 Å². The normalized spacial score (nSPS) is 11.9. The lowest BCUT2D eigenvalue weighted by molar-refractivity contribution is -0.142. The molecule has 0 aliphatic rings. The van der Waals surface area contributed by atoms with E-state index in [9.17, 15) is 18.3 Å². The van der Waals surface area contributed by atoms with E-state index in [-0.39, 0.29) is 23.0 Å². The lowest BCUT2D eigenvalue weighted by Gasteiger charge is -2.08. The molecule has 0 aliphatic heterocycles. The van der Waals surface area contributed by atoms with E-state index in [4.69, 9.17) is 22.7 Å². The highest BCUT2D eigenvalue weighted by Crippen LogP contribution is 2.39. The van der Waals surface area contributed by atoms with Gasteiger partial charge in [-0.2, -0.15) is 18.3 Å².